The fraction of sp³-hybridized carbons (Fsp3) is 0.351. The molecule has 5 rings (SSSR count). The van der Waals surface area contributed by atoms with Gasteiger partial charge in [-0.2, -0.15) is 0 Å². The van der Waals surface area contributed by atoms with Crippen LogP contribution in [0.3, 0.4) is 0 Å². The fourth-order valence-electron chi connectivity index (χ4n) is 6.14. The number of benzene rings is 4. The molecule has 3 atom stereocenters. The number of hydrogen-bond acceptors (Lipinski definition) is 4. The highest BCUT2D eigenvalue weighted by Gasteiger charge is 2.37. The molecular weight excluding hydrogens is 591 g/mol. The molecule has 44 heavy (non-hydrogen) atoms. The normalized spacial score (nSPS) is 17.9. The van der Waals surface area contributed by atoms with Gasteiger partial charge in [0.05, 0.1) is 6.42 Å². The number of amides is 1. The maximum absolute atomic E-state index is 12.8. The summed E-state index contributed by atoms with van der Waals surface area (Å²) in [6, 6.07) is 27.3. The van der Waals surface area contributed by atoms with Gasteiger partial charge < -0.3 is 10.1 Å². The molecule has 0 spiro atoms. The van der Waals surface area contributed by atoms with E-state index in [1.54, 1.807) is 6.07 Å². The van der Waals surface area contributed by atoms with Crippen LogP contribution in [0.25, 0.3) is 10.8 Å². The van der Waals surface area contributed by atoms with Gasteiger partial charge in [0.2, 0.25) is 0 Å². The monoisotopic (exact) mass is 630 g/mol. The minimum atomic E-state index is -0.545. The van der Waals surface area contributed by atoms with Crippen molar-refractivity contribution in [3.63, 3.8) is 0 Å². The molecule has 7 heteroatoms. The van der Waals surface area contributed by atoms with Crippen LogP contribution in [0.5, 0.6) is 0 Å². The highest BCUT2D eigenvalue weighted by atomic mass is 35.5. The lowest BCUT2D eigenvalue weighted by atomic mass is 9.92. The van der Waals surface area contributed by atoms with Gasteiger partial charge in [0, 0.05) is 40.8 Å². The summed E-state index contributed by atoms with van der Waals surface area (Å²) < 4.78 is 5.32. The highest BCUT2D eigenvalue weighted by Crippen LogP contribution is 2.46. The van der Waals surface area contributed by atoms with Gasteiger partial charge in [-0.05, 0) is 111 Å². The second kappa shape index (κ2) is 13.3. The average Bonchev–Trinajstić information content (AvgIpc) is 3.41. The molecule has 1 saturated heterocycles. The predicted octanol–water partition coefficient (Wildman–Crippen LogP) is 9.21. The molecule has 4 aromatic carbocycles. The number of aryl methyl sites for hydroxylation is 1. The number of nitrogens with one attached hydrogen (secondary N) is 1. The number of likely N-dealkylation sites (tertiary alicyclic amines) is 1. The van der Waals surface area contributed by atoms with E-state index in [9.17, 15) is 9.59 Å². The molecule has 1 aliphatic heterocycles. The van der Waals surface area contributed by atoms with Crippen LogP contribution in [0, 0.1) is 6.92 Å². The Bertz CT molecular complexity index is 1640. The maximum atomic E-state index is 12.8. The largest absolute Gasteiger partial charge is 0.460 e. The first-order valence-electron chi connectivity index (χ1n) is 15.2. The minimum absolute atomic E-state index is 0.0950. The number of ether oxygens (including phenoxy) is 1. The third kappa shape index (κ3) is 7.82. The zero-order chi connectivity index (χ0) is 31.6. The van der Waals surface area contributed by atoms with Crippen molar-refractivity contribution in [2.75, 3.05) is 13.1 Å². The van der Waals surface area contributed by atoms with Gasteiger partial charge in [0.25, 0.3) is 5.91 Å². The van der Waals surface area contributed by atoms with Crippen molar-refractivity contribution in [3.8, 4) is 0 Å². The number of fused-ring (bicyclic) bond motifs is 1. The summed E-state index contributed by atoms with van der Waals surface area (Å²) in [5, 5.41) is 6.60. The molecule has 230 valence electrons. The summed E-state index contributed by atoms with van der Waals surface area (Å²) in [4.78, 5) is 27.3. The summed E-state index contributed by atoms with van der Waals surface area (Å²) >= 11 is 12.8. The van der Waals surface area contributed by atoms with Crippen LogP contribution < -0.4 is 5.32 Å². The number of esters is 1. The molecule has 1 fully saturated rings. The number of carbonyl (C=O) groups is 2. The number of nitrogens with zero attached hydrogens (tertiary/aromatic N) is 1. The molecule has 1 amide bonds. The molecule has 0 aliphatic carbocycles. The van der Waals surface area contributed by atoms with Gasteiger partial charge in [-0.15, -0.1) is 0 Å². The Balaban J connectivity index is 1.34. The molecule has 0 radical (unpaired) electrons. The zero-order valence-corrected chi connectivity index (χ0v) is 27.5. The maximum Gasteiger partial charge on any atom is 0.308 e. The predicted molar refractivity (Wildman–Crippen MR) is 180 cm³/mol. The standard InChI is InChI=1S/C37H40Cl2N2O3/c1-23-6-7-28-17-29(13-12-27(28)16-23)34-20-31(30-18-32(38)21-33(39)19-30)22-41(34)24(2)25-8-10-26(11-9-25)36(43)40-15-14-35(42)44-37(3,4)5/h6-13,16-19,21,24,31,34H,14-15,20,22H2,1-5H3,(H,40,43)/t24?,31-,34-/m1/s1. The van der Waals surface area contributed by atoms with Crippen LogP contribution in [-0.4, -0.2) is 35.5 Å². The van der Waals surface area contributed by atoms with Crippen molar-refractivity contribution >= 4 is 45.9 Å². The highest BCUT2D eigenvalue weighted by molar-refractivity contribution is 6.34. The van der Waals surface area contributed by atoms with E-state index in [1.165, 1.54) is 21.9 Å². The van der Waals surface area contributed by atoms with Gasteiger partial charge in [0.1, 0.15) is 5.60 Å². The summed E-state index contributed by atoms with van der Waals surface area (Å²) in [5.74, 6) is -0.277. The van der Waals surface area contributed by atoms with Crippen molar-refractivity contribution in [1.82, 2.24) is 10.2 Å². The first kappa shape index (κ1) is 32.0. The Hall–Kier alpha value is -3.38. The number of halogens is 2. The quantitative estimate of drug-likeness (QED) is 0.197. The van der Waals surface area contributed by atoms with E-state index in [0.717, 1.165) is 24.1 Å². The second-order valence-electron chi connectivity index (χ2n) is 12.8. The van der Waals surface area contributed by atoms with Crippen LogP contribution >= 0.6 is 23.2 Å². The molecule has 4 aromatic rings. The van der Waals surface area contributed by atoms with Crippen LogP contribution in [0.4, 0.5) is 0 Å². The Labute approximate surface area is 270 Å². The number of rotatable bonds is 8. The topological polar surface area (TPSA) is 58.6 Å². The van der Waals surface area contributed by atoms with E-state index < -0.39 is 5.60 Å². The molecule has 0 saturated carbocycles. The van der Waals surface area contributed by atoms with Gasteiger partial charge in [-0.1, -0.05) is 71.2 Å². The van der Waals surface area contributed by atoms with Crippen molar-refractivity contribution in [3.05, 3.63) is 117 Å². The molecule has 0 bridgehead atoms. The van der Waals surface area contributed by atoms with Crippen molar-refractivity contribution in [2.45, 2.75) is 71.1 Å². The zero-order valence-electron chi connectivity index (χ0n) is 26.0. The van der Waals surface area contributed by atoms with E-state index in [-0.39, 0.29) is 42.8 Å². The Morgan fingerprint density at radius 1 is 0.909 bits per heavy atom. The second-order valence-corrected chi connectivity index (χ2v) is 13.7. The SMILES string of the molecule is Cc1ccc2cc([C@H]3C[C@@H](c4cc(Cl)cc(Cl)c4)CN3C(C)c3ccc(C(=O)NCCC(=O)OC(C)(C)C)cc3)ccc2c1. The third-order valence-electron chi connectivity index (χ3n) is 8.29. The lowest BCUT2D eigenvalue weighted by Crippen LogP contribution is -2.29. The number of hydrogen-bond donors (Lipinski definition) is 1. The van der Waals surface area contributed by atoms with Gasteiger partial charge >= 0.3 is 5.97 Å². The third-order valence-corrected chi connectivity index (χ3v) is 8.72. The van der Waals surface area contributed by atoms with Crippen molar-refractivity contribution in [1.29, 1.82) is 0 Å². The Morgan fingerprint density at radius 3 is 2.25 bits per heavy atom. The van der Waals surface area contributed by atoms with E-state index in [1.807, 2.05) is 57.2 Å². The first-order chi connectivity index (χ1) is 20.9. The van der Waals surface area contributed by atoms with Gasteiger partial charge in [0.15, 0.2) is 0 Å². The first-order valence-corrected chi connectivity index (χ1v) is 15.9. The minimum Gasteiger partial charge on any atom is -0.460 e. The van der Waals surface area contributed by atoms with Gasteiger partial charge in [-0.25, -0.2) is 0 Å². The molecule has 1 heterocycles. The smallest absolute Gasteiger partial charge is 0.308 e. The molecule has 1 N–H and O–H groups in total. The van der Waals surface area contributed by atoms with Crippen LogP contribution in [0.2, 0.25) is 10.0 Å². The Kier molecular flexibility index (Phi) is 9.69. The molecule has 5 nitrogen and oxygen atoms in total. The van der Waals surface area contributed by atoms with E-state index >= 15 is 0 Å². The molecule has 0 aromatic heterocycles. The fourth-order valence-corrected chi connectivity index (χ4v) is 6.68. The summed E-state index contributed by atoms with van der Waals surface area (Å²) in [5.41, 5.74) is 4.82. The lowest BCUT2D eigenvalue weighted by molar-refractivity contribution is -0.154. The Morgan fingerprint density at radius 2 is 1.57 bits per heavy atom. The van der Waals surface area contributed by atoms with Crippen LogP contribution in [-0.2, 0) is 9.53 Å². The van der Waals surface area contributed by atoms with Crippen LogP contribution in [0.15, 0.2) is 78.9 Å². The van der Waals surface area contributed by atoms with E-state index in [0.29, 0.717) is 15.6 Å². The van der Waals surface area contributed by atoms with Crippen molar-refractivity contribution < 1.29 is 14.3 Å². The van der Waals surface area contributed by atoms with E-state index in [4.69, 9.17) is 27.9 Å². The molecular formula is C37H40Cl2N2O3. The summed E-state index contributed by atoms with van der Waals surface area (Å²) in [6.07, 6.45) is 1.07. The summed E-state index contributed by atoms with van der Waals surface area (Å²) in [6.45, 7) is 10.9. The molecule has 1 aliphatic rings. The summed E-state index contributed by atoms with van der Waals surface area (Å²) in [7, 11) is 0. The molecule has 1 unspecified atom stereocenters. The number of carbonyl (C=O) groups excluding carboxylic acids is 2. The van der Waals surface area contributed by atoms with Crippen LogP contribution in [0.1, 0.15) is 91.1 Å². The van der Waals surface area contributed by atoms with E-state index in [2.05, 4.69) is 60.5 Å². The van der Waals surface area contributed by atoms with Gasteiger partial charge in [-0.3, -0.25) is 14.5 Å². The average molecular weight is 632 g/mol. The lowest BCUT2D eigenvalue weighted by Gasteiger charge is -2.31. The van der Waals surface area contributed by atoms with Crippen molar-refractivity contribution in [2.24, 2.45) is 0 Å².